The van der Waals surface area contributed by atoms with Gasteiger partial charge in [0.1, 0.15) is 17.3 Å². The molecule has 0 unspecified atom stereocenters. The van der Waals surface area contributed by atoms with E-state index in [1.54, 1.807) is 43.5 Å². The number of carbonyl (C=O) groups excluding carboxylic acids is 3. The maximum absolute atomic E-state index is 13.0. The van der Waals surface area contributed by atoms with Crippen LogP contribution in [0, 0.1) is 5.82 Å². The van der Waals surface area contributed by atoms with Crippen LogP contribution in [0.5, 0.6) is 11.5 Å². The van der Waals surface area contributed by atoms with Gasteiger partial charge in [0, 0.05) is 11.4 Å². The molecule has 3 aromatic rings. The largest absolute Gasteiger partial charge is 0.497 e. The number of benzene rings is 3. The zero-order chi connectivity index (χ0) is 23.6. The van der Waals surface area contributed by atoms with Crippen LogP contribution >= 0.6 is 0 Å². The van der Waals surface area contributed by atoms with E-state index < -0.39 is 23.5 Å². The Labute approximate surface area is 189 Å². The predicted octanol–water partition coefficient (Wildman–Crippen LogP) is 3.22. The third-order valence-electron chi connectivity index (χ3n) is 4.40. The van der Waals surface area contributed by atoms with Crippen molar-refractivity contribution in [2.45, 2.75) is 0 Å². The van der Waals surface area contributed by atoms with Gasteiger partial charge in [-0.15, -0.1) is 0 Å². The maximum Gasteiger partial charge on any atom is 0.262 e. The van der Waals surface area contributed by atoms with Gasteiger partial charge in [0.15, 0.2) is 6.61 Å². The maximum atomic E-state index is 13.0. The summed E-state index contributed by atoms with van der Waals surface area (Å²) in [7, 11) is 1.54. The number of amides is 3. The molecule has 0 bridgehead atoms. The van der Waals surface area contributed by atoms with Gasteiger partial charge in [-0.3, -0.25) is 14.4 Å². The van der Waals surface area contributed by atoms with Crippen LogP contribution in [0.1, 0.15) is 10.4 Å². The van der Waals surface area contributed by atoms with Crippen molar-refractivity contribution < 1.29 is 28.2 Å². The minimum atomic E-state index is -0.533. The number of rotatable bonds is 9. The molecule has 0 aliphatic rings. The van der Waals surface area contributed by atoms with Crippen LogP contribution in [0.25, 0.3) is 0 Å². The highest BCUT2D eigenvalue weighted by Gasteiger charge is 2.15. The monoisotopic (exact) mass is 451 g/mol. The van der Waals surface area contributed by atoms with Crippen LogP contribution in [0.15, 0.2) is 72.8 Å². The Balaban J connectivity index is 1.51. The molecule has 9 heteroatoms. The lowest BCUT2D eigenvalue weighted by Crippen LogP contribution is -2.33. The number of ether oxygens (including phenoxy) is 2. The minimum absolute atomic E-state index is 0.171. The lowest BCUT2D eigenvalue weighted by molar-refractivity contribution is -0.118. The molecule has 0 saturated heterocycles. The van der Waals surface area contributed by atoms with Crippen molar-refractivity contribution in [1.29, 1.82) is 0 Å². The highest BCUT2D eigenvalue weighted by atomic mass is 19.1. The topological polar surface area (TPSA) is 106 Å². The molecule has 0 saturated carbocycles. The second-order valence-electron chi connectivity index (χ2n) is 6.80. The van der Waals surface area contributed by atoms with Crippen molar-refractivity contribution in [3.63, 3.8) is 0 Å². The van der Waals surface area contributed by atoms with Gasteiger partial charge in [-0.05, 0) is 60.7 Å². The standard InChI is InChI=1S/C24H22FN3O5/c1-32-19-12-10-18(11-13-19)27-22(29)14-26-24(31)20-4-2-3-5-21(20)33-15-23(30)28-17-8-6-16(25)7-9-17/h2-13H,14-15H2,1H3,(H,26,31)(H,27,29)(H,28,30). The Hall–Kier alpha value is -4.40. The first-order valence-corrected chi connectivity index (χ1v) is 9.94. The van der Waals surface area contributed by atoms with Gasteiger partial charge in [0.05, 0.1) is 19.2 Å². The molecule has 8 nitrogen and oxygen atoms in total. The number of methoxy groups -OCH3 is 1. The number of hydrogen-bond acceptors (Lipinski definition) is 5. The Bertz CT molecular complexity index is 1120. The number of hydrogen-bond donors (Lipinski definition) is 3. The van der Waals surface area contributed by atoms with Crippen LogP contribution in [-0.2, 0) is 9.59 Å². The lowest BCUT2D eigenvalue weighted by Gasteiger charge is -2.12. The Kier molecular flexibility index (Phi) is 7.96. The highest BCUT2D eigenvalue weighted by molar-refractivity contribution is 6.01. The summed E-state index contributed by atoms with van der Waals surface area (Å²) in [6, 6.07) is 18.4. The molecule has 0 radical (unpaired) electrons. The van der Waals surface area contributed by atoms with Crippen molar-refractivity contribution in [2.24, 2.45) is 0 Å². The van der Waals surface area contributed by atoms with Gasteiger partial charge < -0.3 is 25.4 Å². The number of para-hydroxylation sites is 1. The van der Waals surface area contributed by atoms with E-state index in [0.717, 1.165) is 0 Å². The molecule has 0 aliphatic heterocycles. The zero-order valence-corrected chi connectivity index (χ0v) is 17.8. The van der Waals surface area contributed by atoms with E-state index in [-0.39, 0.29) is 24.5 Å². The molecule has 0 spiro atoms. The van der Waals surface area contributed by atoms with Crippen LogP contribution < -0.4 is 25.4 Å². The summed E-state index contributed by atoms with van der Waals surface area (Å²) in [5.41, 5.74) is 1.15. The molecule has 0 aliphatic carbocycles. The Morgan fingerprint density at radius 2 is 1.42 bits per heavy atom. The quantitative estimate of drug-likeness (QED) is 0.463. The number of halogens is 1. The lowest BCUT2D eigenvalue weighted by atomic mass is 10.2. The molecule has 170 valence electrons. The highest BCUT2D eigenvalue weighted by Crippen LogP contribution is 2.18. The van der Waals surface area contributed by atoms with Crippen LogP contribution in [0.4, 0.5) is 15.8 Å². The fourth-order valence-electron chi connectivity index (χ4n) is 2.79. The SMILES string of the molecule is COc1ccc(NC(=O)CNC(=O)c2ccccc2OCC(=O)Nc2ccc(F)cc2)cc1. The Morgan fingerprint density at radius 3 is 2.09 bits per heavy atom. The molecule has 3 amide bonds. The first-order valence-electron chi connectivity index (χ1n) is 9.94. The summed E-state index contributed by atoms with van der Waals surface area (Å²) in [4.78, 5) is 36.8. The van der Waals surface area contributed by atoms with Crippen LogP contribution in [0.2, 0.25) is 0 Å². The summed E-state index contributed by atoms with van der Waals surface area (Å²) >= 11 is 0. The van der Waals surface area contributed by atoms with E-state index in [0.29, 0.717) is 17.1 Å². The van der Waals surface area contributed by atoms with E-state index in [2.05, 4.69) is 16.0 Å². The molecule has 0 aromatic heterocycles. The van der Waals surface area contributed by atoms with E-state index in [1.165, 1.54) is 36.4 Å². The van der Waals surface area contributed by atoms with Crippen molar-refractivity contribution in [2.75, 3.05) is 30.9 Å². The van der Waals surface area contributed by atoms with E-state index in [9.17, 15) is 18.8 Å². The third-order valence-corrected chi connectivity index (χ3v) is 4.40. The average Bonchev–Trinajstić information content (AvgIpc) is 2.83. The van der Waals surface area contributed by atoms with E-state index in [1.807, 2.05) is 0 Å². The van der Waals surface area contributed by atoms with Crippen LogP contribution in [0.3, 0.4) is 0 Å². The summed E-state index contributed by atoms with van der Waals surface area (Å²) in [6.45, 7) is -0.621. The van der Waals surface area contributed by atoms with Crippen molar-refractivity contribution in [3.8, 4) is 11.5 Å². The molecule has 0 heterocycles. The normalized spacial score (nSPS) is 10.1. The van der Waals surface area contributed by atoms with Crippen LogP contribution in [-0.4, -0.2) is 38.0 Å². The second-order valence-corrected chi connectivity index (χ2v) is 6.80. The second kappa shape index (κ2) is 11.3. The van der Waals surface area contributed by atoms with E-state index in [4.69, 9.17) is 9.47 Å². The number of carbonyl (C=O) groups is 3. The summed E-state index contributed by atoms with van der Waals surface area (Å²) in [6.07, 6.45) is 0. The molecule has 3 N–H and O–H groups in total. The predicted molar refractivity (Wildman–Crippen MR) is 121 cm³/mol. The minimum Gasteiger partial charge on any atom is -0.497 e. The third kappa shape index (κ3) is 7.06. The van der Waals surface area contributed by atoms with Gasteiger partial charge in [-0.1, -0.05) is 12.1 Å². The van der Waals surface area contributed by atoms with Crippen molar-refractivity contribution in [3.05, 3.63) is 84.2 Å². The number of anilines is 2. The van der Waals surface area contributed by atoms with Gasteiger partial charge >= 0.3 is 0 Å². The smallest absolute Gasteiger partial charge is 0.262 e. The molecular formula is C24H22FN3O5. The summed E-state index contributed by atoms with van der Waals surface area (Å²) < 4.78 is 23.5. The van der Waals surface area contributed by atoms with E-state index >= 15 is 0 Å². The van der Waals surface area contributed by atoms with Gasteiger partial charge in [-0.2, -0.15) is 0 Å². The van der Waals surface area contributed by atoms with Gasteiger partial charge in [0.2, 0.25) is 5.91 Å². The fourth-order valence-corrected chi connectivity index (χ4v) is 2.79. The van der Waals surface area contributed by atoms with Gasteiger partial charge in [0.25, 0.3) is 11.8 Å². The summed E-state index contributed by atoms with van der Waals surface area (Å²) in [5, 5.41) is 7.75. The Morgan fingerprint density at radius 1 is 0.818 bits per heavy atom. The first-order chi connectivity index (χ1) is 15.9. The van der Waals surface area contributed by atoms with Crippen molar-refractivity contribution >= 4 is 29.1 Å². The molecule has 3 rings (SSSR count). The summed E-state index contributed by atoms with van der Waals surface area (Å²) in [5.74, 6) is -0.998. The first kappa shape index (κ1) is 23.3. The zero-order valence-electron chi connectivity index (χ0n) is 17.8. The molecule has 0 atom stereocenters. The molecule has 3 aromatic carbocycles. The van der Waals surface area contributed by atoms with Gasteiger partial charge in [-0.25, -0.2) is 4.39 Å². The fraction of sp³-hybridized carbons (Fsp3) is 0.125. The van der Waals surface area contributed by atoms with Crippen molar-refractivity contribution in [1.82, 2.24) is 5.32 Å². The number of nitrogens with one attached hydrogen (secondary N) is 3. The molecular weight excluding hydrogens is 429 g/mol. The molecule has 0 fully saturated rings. The average molecular weight is 451 g/mol. The molecule has 33 heavy (non-hydrogen) atoms.